The summed E-state index contributed by atoms with van der Waals surface area (Å²) in [5.74, 6) is -1.88. The zero-order valence-corrected chi connectivity index (χ0v) is 27.6. The first-order valence-corrected chi connectivity index (χ1v) is 16.1. The first kappa shape index (κ1) is 31.9. The highest BCUT2D eigenvalue weighted by Gasteiger charge is 2.56. The number of nitrogens with zero attached hydrogens (tertiary/aromatic N) is 1. The van der Waals surface area contributed by atoms with Gasteiger partial charge in [-0.15, -0.1) is 0 Å². The summed E-state index contributed by atoms with van der Waals surface area (Å²) in [4.78, 5) is 56.5. The number of allylic oxidation sites excluding steroid dienone is 6. The molecule has 9 nitrogen and oxygen atoms in total. The molecule has 3 aromatic rings. The van der Waals surface area contributed by atoms with Crippen molar-refractivity contribution in [2.45, 2.75) is 25.7 Å². The van der Waals surface area contributed by atoms with Crippen LogP contribution in [0.15, 0.2) is 95.1 Å². The van der Waals surface area contributed by atoms with Crippen LogP contribution in [0.25, 0.3) is 12.2 Å². The van der Waals surface area contributed by atoms with Gasteiger partial charge < -0.3 is 19.3 Å². The predicted molar refractivity (Wildman–Crippen MR) is 183 cm³/mol. The van der Waals surface area contributed by atoms with Gasteiger partial charge in [0.15, 0.2) is 23.1 Å². The van der Waals surface area contributed by atoms with Crippen LogP contribution in [-0.4, -0.2) is 49.8 Å². The third-order valence-electron chi connectivity index (χ3n) is 10.1. The van der Waals surface area contributed by atoms with Gasteiger partial charge in [0.1, 0.15) is 11.5 Å². The Balaban J connectivity index is 1.21. The molecule has 1 fully saturated rings. The van der Waals surface area contributed by atoms with E-state index in [0.717, 1.165) is 16.7 Å². The van der Waals surface area contributed by atoms with E-state index in [1.54, 1.807) is 45.4 Å². The van der Waals surface area contributed by atoms with Crippen LogP contribution in [0, 0.1) is 17.8 Å². The molecule has 1 saturated heterocycles. The molecule has 0 bridgehead atoms. The van der Waals surface area contributed by atoms with E-state index >= 15 is 0 Å². The lowest BCUT2D eigenvalue weighted by Gasteiger charge is -2.42. The number of fused-ring (bicyclic) bond motifs is 3. The second-order valence-corrected chi connectivity index (χ2v) is 12.7. The Morgan fingerprint density at radius 3 is 2.29 bits per heavy atom. The number of methoxy groups -OCH3 is 3. The van der Waals surface area contributed by atoms with E-state index in [4.69, 9.17) is 14.2 Å². The number of benzene rings is 3. The number of hydrogen-bond acceptors (Lipinski definition) is 8. The van der Waals surface area contributed by atoms with Crippen molar-refractivity contribution in [3.8, 4) is 23.0 Å². The number of ether oxygens (including phenoxy) is 3. The van der Waals surface area contributed by atoms with Gasteiger partial charge in [0.05, 0.1) is 38.9 Å². The van der Waals surface area contributed by atoms with Gasteiger partial charge in [-0.2, -0.15) is 0 Å². The van der Waals surface area contributed by atoms with Gasteiger partial charge >= 0.3 is 0 Å². The van der Waals surface area contributed by atoms with Gasteiger partial charge in [0.25, 0.3) is 0 Å². The second-order valence-electron chi connectivity index (χ2n) is 12.7. The van der Waals surface area contributed by atoms with Crippen LogP contribution >= 0.6 is 0 Å². The average molecular weight is 658 g/mol. The van der Waals surface area contributed by atoms with Crippen LogP contribution in [0.2, 0.25) is 0 Å². The van der Waals surface area contributed by atoms with Crippen LogP contribution in [0.1, 0.15) is 42.4 Å². The van der Waals surface area contributed by atoms with Crippen molar-refractivity contribution in [2.24, 2.45) is 17.8 Å². The van der Waals surface area contributed by atoms with Gasteiger partial charge in [-0.3, -0.25) is 24.1 Å². The third-order valence-corrected chi connectivity index (χ3v) is 10.1. The summed E-state index contributed by atoms with van der Waals surface area (Å²) < 4.78 is 16.2. The number of phenolic OH excluding ortho intramolecular Hbond substituents is 1. The summed E-state index contributed by atoms with van der Waals surface area (Å²) in [6, 6.07) is 17.6. The molecule has 1 N–H and O–H groups in total. The van der Waals surface area contributed by atoms with Crippen LogP contribution in [0.5, 0.6) is 23.0 Å². The molecule has 7 rings (SSSR count). The molecule has 2 amide bonds. The minimum Gasteiger partial charge on any atom is -0.504 e. The predicted octanol–water partition coefficient (Wildman–Crippen LogP) is 6.22. The Bertz CT molecular complexity index is 2050. The molecule has 0 unspecified atom stereocenters. The lowest BCUT2D eigenvalue weighted by atomic mass is 9.59. The van der Waals surface area contributed by atoms with Gasteiger partial charge in [0.2, 0.25) is 11.8 Å². The molecule has 0 radical (unpaired) electrons. The standard InChI is InChI=1S/C40H35NO8/c1-21-17-32(43)30-20-29-27(35(37(30)38(21)44)24-9-15-31(42)34(19-24)49-4)13-14-28-36(29)40(46)41(39(28)45)25-10-6-22(7-11-25)5-8-23-18-26(47-2)12-16-33(23)48-3/h5-13,15-19,28-29,35-36,42H,14,20H2,1-4H3/t28-,29+,35-,36-/m0/s1. The Morgan fingerprint density at radius 2 is 1.57 bits per heavy atom. The number of rotatable bonds is 7. The SMILES string of the molecule is COc1ccc(OC)c(C=Cc2ccc(N3C(=O)[C@H]4[C@H](CC=C5[C@H](c6ccc(O)c(OC)c6)C6=C(C[C@H]54)C(=O)C=C(C)C6=O)C3=O)cc2)c1. The number of phenols is 1. The smallest absolute Gasteiger partial charge is 0.238 e. The number of amides is 2. The molecule has 4 aliphatic rings. The van der Waals surface area contributed by atoms with Crippen LogP contribution in [-0.2, 0) is 19.2 Å². The molecular weight excluding hydrogens is 622 g/mol. The zero-order valence-electron chi connectivity index (χ0n) is 27.6. The van der Waals surface area contributed by atoms with E-state index in [9.17, 15) is 24.3 Å². The molecule has 49 heavy (non-hydrogen) atoms. The number of carbonyl (C=O) groups excluding carboxylic acids is 4. The van der Waals surface area contributed by atoms with Crippen molar-refractivity contribution < 1.29 is 38.5 Å². The summed E-state index contributed by atoms with van der Waals surface area (Å²) in [7, 11) is 4.65. The fourth-order valence-corrected chi connectivity index (χ4v) is 7.76. The van der Waals surface area contributed by atoms with Gasteiger partial charge in [0, 0.05) is 28.2 Å². The fraction of sp³-hybridized carbons (Fsp3) is 0.250. The van der Waals surface area contributed by atoms with Crippen LogP contribution in [0.4, 0.5) is 5.69 Å². The van der Waals surface area contributed by atoms with Crippen LogP contribution in [0.3, 0.4) is 0 Å². The van der Waals surface area contributed by atoms with Crippen molar-refractivity contribution >= 4 is 41.2 Å². The lowest BCUT2D eigenvalue weighted by Crippen LogP contribution is -2.39. The number of hydrogen-bond donors (Lipinski definition) is 1. The van der Waals surface area contributed by atoms with E-state index in [0.29, 0.717) is 45.9 Å². The number of imide groups is 1. The molecule has 1 heterocycles. The van der Waals surface area contributed by atoms with Crippen molar-refractivity contribution in [3.05, 3.63) is 112 Å². The monoisotopic (exact) mass is 657 g/mol. The maximum Gasteiger partial charge on any atom is 0.238 e. The maximum absolute atomic E-state index is 14.3. The van der Waals surface area contributed by atoms with Crippen molar-refractivity contribution in [1.29, 1.82) is 0 Å². The minimum absolute atomic E-state index is 0.0543. The normalized spacial score (nSPS) is 23.2. The lowest BCUT2D eigenvalue weighted by molar-refractivity contribution is -0.123. The average Bonchev–Trinajstić information content (AvgIpc) is 3.38. The van der Waals surface area contributed by atoms with Gasteiger partial charge in [-0.1, -0.05) is 42.0 Å². The van der Waals surface area contributed by atoms with Gasteiger partial charge in [-0.05, 0) is 85.4 Å². The molecule has 248 valence electrons. The van der Waals surface area contributed by atoms with Crippen molar-refractivity contribution in [2.75, 3.05) is 26.2 Å². The topological polar surface area (TPSA) is 119 Å². The quantitative estimate of drug-likeness (QED) is 0.138. The third kappa shape index (κ3) is 5.26. The fourth-order valence-electron chi connectivity index (χ4n) is 7.76. The molecule has 9 heteroatoms. The number of anilines is 1. The number of aromatic hydroxyl groups is 1. The highest BCUT2D eigenvalue weighted by atomic mass is 16.5. The largest absolute Gasteiger partial charge is 0.504 e. The Morgan fingerprint density at radius 1 is 0.816 bits per heavy atom. The highest BCUT2D eigenvalue weighted by Crippen LogP contribution is 2.56. The molecule has 0 saturated carbocycles. The summed E-state index contributed by atoms with van der Waals surface area (Å²) >= 11 is 0. The molecule has 0 aromatic heterocycles. The molecule has 4 atom stereocenters. The van der Waals surface area contributed by atoms with E-state index in [-0.39, 0.29) is 41.3 Å². The summed E-state index contributed by atoms with van der Waals surface area (Å²) in [6.07, 6.45) is 7.66. The molecular formula is C40H35NO8. The summed E-state index contributed by atoms with van der Waals surface area (Å²) in [6.45, 7) is 1.63. The first-order valence-electron chi connectivity index (χ1n) is 16.1. The van der Waals surface area contributed by atoms with Crippen molar-refractivity contribution in [3.63, 3.8) is 0 Å². The summed E-state index contributed by atoms with van der Waals surface area (Å²) in [5.41, 5.74) is 4.78. The Hall–Kier alpha value is -5.70. The van der Waals surface area contributed by atoms with Crippen molar-refractivity contribution in [1.82, 2.24) is 0 Å². The number of ketones is 2. The second kappa shape index (κ2) is 12.4. The van der Waals surface area contributed by atoms with Crippen LogP contribution < -0.4 is 19.1 Å². The highest BCUT2D eigenvalue weighted by molar-refractivity contribution is 6.25. The minimum atomic E-state index is -0.696. The molecule has 3 aliphatic carbocycles. The summed E-state index contributed by atoms with van der Waals surface area (Å²) in [5, 5.41) is 10.3. The Labute approximate surface area is 283 Å². The Kier molecular flexibility index (Phi) is 8.06. The number of Topliss-reactive ketones (excluding diaryl/α,β-unsaturated/α-hetero) is 1. The van der Waals surface area contributed by atoms with E-state index in [1.807, 2.05) is 48.6 Å². The first-order chi connectivity index (χ1) is 23.6. The van der Waals surface area contributed by atoms with E-state index < -0.39 is 23.7 Å². The van der Waals surface area contributed by atoms with E-state index in [1.165, 1.54) is 24.2 Å². The molecule has 0 spiro atoms. The number of carbonyl (C=O) groups is 4. The van der Waals surface area contributed by atoms with E-state index in [2.05, 4.69) is 0 Å². The molecule has 3 aromatic carbocycles. The zero-order chi connectivity index (χ0) is 34.6. The van der Waals surface area contributed by atoms with Gasteiger partial charge in [-0.25, -0.2) is 0 Å². The maximum atomic E-state index is 14.3. The molecule has 1 aliphatic heterocycles.